The van der Waals surface area contributed by atoms with Crippen LogP contribution in [0, 0.1) is 0 Å². The maximum absolute atomic E-state index is 12.1. The van der Waals surface area contributed by atoms with Gasteiger partial charge in [0.15, 0.2) is 0 Å². The molecule has 4 aromatic carbocycles. The first-order valence-corrected chi connectivity index (χ1v) is 14.9. The van der Waals surface area contributed by atoms with E-state index in [9.17, 15) is 25.9 Å². The molecule has 0 bridgehead atoms. The smallest absolute Gasteiger partial charge is 0.295 e. The Balaban J connectivity index is 0.00000337. The second kappa shape index (κ2) is 16.5. The van der Waals surface area contributed by atoms with Crippen LogP contribution in [0.2, 0.25) is 0 Å². The molecule has 2 N–H and O–H groups in total. The number of hydrogen-bond acceptors (Lipinski definition) is 10. The minimum absolute atomic E-state index is 0. The first-order chi connectivity index (χ1) is 20.0. The maximum atomic E-state index is 12.1. The summed E-state index contributed by atoms with van der Waals surface area (Å²) < 4.78 is 78.3. The second-order valence-electron chi connectivity index (χ2n) is 8.52. The molecular formula is C28H24N4Na2O8S2. The third-order valence-electron chi connectivity index (χ3n) is 5.70. The van der Waals surface area contributed by atoms with Crippen LogP contribution in [-0.4, -0.2) is 99.3 Å². The van der Waals surface area contributed by atoms with Crippen molar-refractivity contribution in [1.82, 2.24) is 0 Å². The molecule has 0 saturated carbocycles. The molecule has 0 aliphatic heterocycles. The fourth-order valence-electron chi connectivity index (χ4n) is 3.60. The fourth-order valence-corrected chi connectivity index (χ4v) is 5.01. The van der Waals surface area contributed by atoms with Crippen molar-refractivity contribution in [3.05, 3.63) is 96.1 Å². The minimum atomic E-state index is -4.71. The first kappa shape index (κ1) is 37.4. The number of methoxy groups -OCH3 is 2. The van der Waals surface area contributed by atoms with Gasteiger partial charge in [0.05, 0.1) is 37.0 Å². The molecule has 0 atom stereocenters. The number of hydrogen-bond donors (Lipinski definition) is 2. The van der Waals surface area contributed by atoms with Crippen LogP contribution in [0.1, 0.15) is 11.1 Å². The van der Waals surface area contributed by atoms with E-state index < -0.39 is 30.0 Å². The Kier molecular flexibility index (Phi) is 14.1. The molecule has 0 fully saturated rings. The number of azo groups is 2. The summed E-state index contributed by atoms with van der Waals surface area (Å²) in [5.41, 5.74) is 1.31. The van der Waals surface area contributed by atoms with E-state index in [2.05, 4.69) is 20.5 Å². The van der Waals surface area contributed by atoms with Gasteiger partial charge in [0.1, 0.15) is 21.3 Å². The molecular weight excluding hydrogens is 630 g/mol. The molecule has 218 valence electrons. The van der Waals surface area contributed by atoms with Crippen molar-refractivity contribution in [2.75, 3.05) is 14.2 Å². The van der Waals surface area contributed by atoms with Gasteiger partial charge in [-0.1, -0.05) is 24.3 Å². The predicted molar refractivity (Wildman–Crippen MR) is 167 cm³/mol. The minimum Gasteiger partial charge on any atom is -0.497 e. The Morgan fingerprint density at radius 2 is 0.818 bits per heavy atom. The van der Waals surface area contributed by atoms with Gasteiger partial charge in [-0.25, -0.2) is 0 Å². The quantitative estimate of drug-likeness (QED) is 0.0850. The van der Waals surface area contributed by atoms with Crippen LogP contribution in [0.15, 0.2) is 115 Å². The average molecular weight is 655 g/mol. The van der Waals surface area contributed by atoms with E-state index in [1.165, 1.54) is 50.6 Å². The van der Waals surface area contributed by atoms with Crippen molar-refractivity contribution in [1.29, 1.82) is 0 Å². The molecule has 0 spiro atoms. The zero-order valence-electron chi connectivity index (χ0n) is 24.2. The number of rotatable bonds is 10. The molecule has 0 aliphatic carbocycles. The van der Waals surface area contributed by atoms with Gasteiger partial charge in [0.25, 0.3) is 20.2 Å². The maximum Gasteiger partial charge on any atom is 0.295 e. The summed E-state index contributed by atoms with van der Waals surface area (Å²) in [6.45, 7) is 0. The van der Waals surface area contributed by atoms with E-state index in [0.717, 1.165) is 12.1 Å². The Morgan fingerprint density at radius 3 is 1.11 bits per heavy atom. The first-order valence-electron chi connectivity index (χ1n) is 12.0. The average Bonchev–Trinajstić information content (AvgIpc) is 2.98. The van der Waals surface area contributed by atoms with Crippen molar-refractivity contribution >= 4 is 114 Å². The Bertz CT molecular complexity index is 1760. The van der Waals surface area contributed by atoms with Crippen LogP contribution < -0.4 is 9.47 Å². The summed E-state index contributed by atoms with van der Waals surface area (Å²) in [4.78, 5) is -0.966. The van der Waals surface area contributed by atoms with Crippen molar-refractivity contribution < 1.29 is 35.4 Å². The molecule has 0 heterocycles. The molecule has 0 saturated heterocycles. The molecule has 4 rings (SSSR count). The number of nitrogens with zero attached hydrogens (tertiary/aromatic N) is 4. The van der Waals surface area contributed by atoms with Gasteiger partial charge in [-0.05, 0) is 83.9 Å². The van der Waals surface area contributed by atoms with E-state index in [1.807, 2.05) is 0 Å². The zero-order valence-corrected chi connectivity index (χ0v) is 29.8. The van der Waals surface area contributed by atoms with Gasteiger partial charge >= 0.3 is 0 Å². The third-order valence-corrected chi connectivity index (χ3v) is 7.52. The van der Waals surface area contributed by atoms with E-state index in [-0.39, 0.29) is 81.6 Å². The van der Waals surface area contributed by atoms with Gasteiger partial charge in [0, 0.05) is 59.1 Å². The molecule has 0 aliphatic rings. The molecule has 16 heteroatoms. The van der Waals surface area contributed by atoms with Crippen LogP contribution in [0.4, 0.5) is 22.7 Å². The Labute approximate surface area is 299 Å². The summed E-state index contributed by atoms with van der Waals surface area (Å²) in [6.07, 6.45) is 2.55. The van der Waals surface area contributed by atoms with Gasteiger partial charge in [-0.3, -0.25) is 9.11 Å². The summed E-state index contributed by atoms with van der Waals surface area (Å²) in [6, 6.07) is 21.3. The molecule has 0 aromatic heterocycles. The third kappa shape index (κ3) is 10.4. The number of benzene rings is 4. The van der Waals surface area contributed by atoms with Crippen LogP contribution >= 0.6 is 0 Å². The SMILES string of the molecule is COc1ccc(N=Nc2ccc(C=Cc3ccc(N=Nc4ccc(OC)cc4)cc3S(=O)(=O)O)c(S(=O)(=O)O)c2)cc1.[Na].[Na]. The summed E-state index contributed by atoms with van der Waals surface area (Å²) in [5.74, 6) is 1.26. The molecule has 2 radical (unpaired) electrons. The topological polar surface area (TPSA) is 177 Å². The van der Waals surface area contributed by atoms with Crippen molar-refractivity contribution in [3.63, 3.8) is 0 Å². The van der Waals surface area contributed by atoms with E-state index in [1.54, 1.807) is 48.5 Å². The van der Waals surface area contributed by atoms with Crippen LogP contribution in [0.25, 0.3) is 12.2 Å². The molecule has 44 heavy (non-hydrogen) atoms. The fraction of sp³-hybridized carbons (Fsp3) is 0.0714. The van der Waals surface area contributed by atoms with Crippen LogP contribution in [0.5, 0.6) is 11.5 Å². The summed E-state index contributed by atoms with van der Waals surface area (Å²) in [7, 11) is -6.36. The zero-order chi connectivity index (χ0) is 30.3. The van der Waals surface area contributed by atoms with E-state index >= 15 is 0 Å². The summed E-state index contributed by atoms with van der Waals surface area (Å²) >= 11 is 0. The Morgan fingerprint density at radius 1 is 0.523 bits per heavy atom. The Hall–Kier alpha value is -2.76. The second-order valence-corrected chi connectivity index (χ2v) is 11.3. The summed E-state index contributed by atoms with van der Waals surface area (Å²) in [5, 5.41) is 16.1. The molecule has 4 aromatic rings. The van der Waals surface area contributed by atoms with Crippen molar-refractivity contribution in [2.24, 2.45) is 20.5 Å². The standard InChI is InChI=1S/C28H24N4O8S2.2Na/c1-39-25-13-9-21(10-14-25)29-31-23-7-5-19(27(17-23)41(33,34)35)3-4-20-6-8-24(18-28(20)42(36,37)38)32-30-22-11-15-26(40-2)16-12-22;;/h3-18H,1-2H3,(H,33,34,35)(H,36,37,38);;. The normalized spacial score (nSPS) is 11.8. The van der Waals surface area contributed by atoms with Crippen molar-refractivity contribution in [2.45, 2.75) is 9.79 Å². The molecule has 0 amide bonds. The van der Waals surface area contributed by atoms with Gasteiger partial charge in [-0.15, -0.1) is 0 Å². The molecule has 12 nitrogen and oxygen atoms in total. The van der Waals surface area contributed by atoms with Gasteiger partial charge in [-0.2, -0.15) is 37.3 Å². The number of ether oxygens (including phenoxy) is 2. The van der Waals surface area contributed by atoms with E-state index in [0.29, 0.717) is 22.9 Å². The monoisotopic (exact) mass is 654 g/mol. The van der Waals surface area contributed by atoms with Crippen LogP contribution in [-0.2, 0) is 20.2 Å². The van der Waals surface area contributed by atoms with E-state index in [4.69, 9.17) is 9.47 Å². The van der Waals surface area contributed by atoms with Gasteiger partial charge < -0.3 is 9.47 Å². The van der Waals surface area contributed by atoms with Crippen molar-refractivity contribution in [3.8, 4) is 11.5 Å². The molecule has 0 unspecified atom stereocenters. The van der Waals surface area contributed by atoms with Gasteiger partial charge in [0.2, 0.25) is 0 Å². The predicted octanol–water partition coefficient (Wildman–Crippen LogP) is 6.44. The van der Waals surface area contributed by atoms with Crippen LogP contribution in [0.3, 0.4) is 0 Å². The largest absolute Gasteiger partial charge is 0.497 e.